The Labute approximate surface area is 292 Å². The molecule has 1 aliphatic carbocycles. The standard InChI is InChI=1S/C38H57N7O4/c1-37(2,3)49-36(47)43-18-14-29(15-19-43)48-30-20-28(21-30)42-16-12-25(13-17-42)38(4,5)45-26-10-11-27(45)24-44(23-26)33-22-32(40-41-35(33)39)31-8-6-7-9-34(31)46/h6-9,22,25-30,46H,10-21,23-24H2,1-5H3,(H2,39,41). The molecule has 1 aromatic carbocycles. The summed E-state index contributed by atoms with van der Waals surface area (Å²) in [6.07, 6.45) is 9.33. The minimum absolute atomic E-state index is 0.131. The Morgan fingerprint density at radius 2 is 1.51 bits per heavy atom. The molecule has 1 amide bonds. The van der Waals surface area contributed by atoms with E-state index in [9.17, 15) is 9.90 Å². The first-order valence-electron chi connectivity index (χ1n) is 18.7. The molecule has 2 bridgehead atoms. The van der Waals surface area contributed by atoms with Crippen LogP contribution in [0, 0.1) is 5.92 Å². The van der Waals surface area contributed by atoms with E-state index in [0.29, 0.717) is 60.3 Å². The molecule has 11 nitrogen and oxygen atoms in total. The predicted octanol–water partition coefficient (Wildman–Crippen LogP) is 5.52. The van der Waals surface area contributed by atoms with Crippen LogP contribution in [0.25, 0.3) is 11.3 Å². The molecule has 3 N–H and O–H groups in total. The number of anilines is 2. The zero-order chi connectivity index (χ0) is 34.5. The van der Waals surface area contributed by atoms with E-state index in [-0.39, 0.29) is 23.5 Å². The van der Waals surface area contributed by atoms with Crippen LogP contribution in [0.1, 0.15) is 86.0 Å². The lowest BCUT2D eigenvalue weighted by atomic mass is 9.76. The van der Waals surface area contributed by atoms with Crippen LogP contribution in [0.15, 0.2) is 30.3 Å². The van der Waals surface area contributed by atoms with Gasteiger partial charge in [0.25, 0.3) is 0 Å². The van der Waals surface area contributed by atoms with Gasteiger partial charge in [0.2, 0.25) is 0 Å². The number of ether oxygens (including phenoxy) is 2. The quantitative estimate of drug-likeness (QED) is 0.388. The molecular weight excluding hydrogens is 618 g/mol. The second-order valence-electron chi connectivity index (χ2n) is 16.7. The van der Waals surface area contributed by atoms with Gasteiger partial charge in [0.1, 0.15) is 11.4 Å². The summed E-state index contributed by atoms with van der Waals surface area (Å²) in [5.74, 6) is 1.32. The lowest BCUT2D eigenvalue weighted by Gasteiger charge is -2.55. The number of aromatic hydroxyl groups is 1. The summed E-state index contributed by atoms with van der Waals surface area (Å²) < 4.78 is 12.1. The zero-order valence-corrected chi connectivity index (χ0v) is 30.2. The molecule has 2 aromatic rings. The summed E-state index contributed by atoms with van der Waals surface area (Å²) in [7, 11) is 0. The third-order valence-electron chi connectivity index (χ3n) is 12.1. The van der Waals surface area contributed by atoms with Crippen LogP contribution < -0.4 is 10.6 Å². The van der Waals surface area contributed by atoms with Crippen molar-refractivity contribution in [2.75, 3.05) is 49.9 Å². The molecule has 7 rings (SSSR count). The normalized spacial score (nSPS) is 27.7. The number of nitrogens with two attached hydrogens (primary N) is 1. The number of amides is 1. The number of hydrogen-bond acceptors (Lipinski definition) is 10. The number of piperidine rings is 2. The number of hydrogen-bond donors (Lipinski definition) is 2. The van der Waals surface area contributed by atoms with Gasteiger partial charge in [0.05, 0.1) is 23.6 Å². The Morgan fingerprint density at radius 3 is 2.14 bits per heavy atom. The van der Waals surface area contributed by atoms with Gasteiger partial charge in [0.15, 0.2) is 5.82 Å². The van der Waals surface area contributed by atoms with Crippen molar-refractivity contribution in [3.63, 3.8) is 0 Å². The maximum atomic E-state index is 12.4. The number of nitrogens with zero attached hydrogens (tertiary/aromatic N) is 6. The van der Waals surface area contributed by atoms with Gasteiger partial charge in [-0.05, 0) is 123 Å². The van der Waals surface area contributed by atoms with Crippen molar-refractivity contribution in [3.8, 4) is 17.0 Å². The number of benzene rings is 1. The molecule has 4 aliphatic heterocycles. The number of phenolic OH excluding ortho intramolecular Hbond substituents is 1. The number of para-hydroxylation sites is 1. The number of piperazine rings is 1. The number of aromatic nitrogens is 2. The van der Waals surface area contributed by atoms with E-state index in [1.54, 1.807) is 6.07 Å². The highest BCUT2D eigenvalue weighted by atomic mass is 16.6. The van der Waals surface area contributed by atoms with Crippen molar-refractivity contribution in [3.05, 3.63) is 30.3 Å². The van der Waals surface area contributed by atoms with Gasteiger partial charge in [-0.25, -0.2) is 4.79 Å². The Hall–Kier alpha value is -3.15. The van der Waals surface area contributed by atoms with Crippen LogP contribution in [-0.2, 0) is 9.47 Å². The zero-order valence-electron chi connectivity index (χ0n) is 30.2. The van der Waals surface area contributed by atoms with Crippen LogP contribution in [0.2, 0.25) is 0 Å². The monoisotopic (exact) mass is 675 g/mol. The molecular formula is C38H57N7O4. The molecule has 2 atom stereocenters. The second kappa shape index (κ2) is 13.5. The molecule has 4 saturated heterocycles. The fraction of sp³-hybridized carbons (Fsp3) is 0.711. The molecule has 5 aliphatic rings. The topological polar surface area (TPSA) is 121 Å². The smallest absolute Gasteiger partial charge is 0.410 e. The van der Waals surface area contributed by atoms with Gasteiger partial charge in [-0.3, -0.25) is 4.90 Å². The molecule has 2 unspecified atom stereocenters. The van der Waals surface area contributed by atoms with Gasteiger partial charge in [-0.2, -0.15) is 0 Å². The van der Waals surface area contributed by atoms with Crippen molar-refractivity contribution in [1.82, 2.24) is 24.9 Å². The van der Waals surface area contributed by atoms with Gasteiger partial charge in [0, 0.05) is 55.4 Å². The van der Waals surface area contributed by atoms with Crippen molar-refractivity contribution in [2.24, 2.45) is 5.92 Å². The molecule has 5 fully saturated rings. The van der Waals surface area contributed by atoms with Gasteiger partial charge < -0.3 is 35.0 Å². The third kappa shape index (κ3) is 7.21. The maximum Gasteiger partial charge on any atom is 0.410 e. The Balaban J connectivity index is 0.880. The summed E-state index contributed by atoms with van der Waals surface area (Å²) in [6.45, 7) is 16.4. The molecule has 268 valence electrons. The van der Waals surface area contributed by atoms with E-state index in [1.165, 1.54) is 38.8 Å². The first-order valence-corrected chi connectivity index (χ1v) is 18.7. The van der Waals surface area contributed by atoms with E-state index in [0.717, 1.165) is 44.5 Å². The van der Waals surface area contributed by atoms with E-state index in [1.807, 2.05) is 49.9 Å². The number of fused-ring (bicyclic) bond motifs is 2. The minimum Gasteiger partial charge on any atom is -0.507 e. The highest BCUT2D eigenvalue weighted by Gasteiger charge is 2.50. The van der Waals surface area contributed by atoms with Crippen molar-refractivity contribution in [1.29, 1.82) is 0 Å². The van der Waals surface area contributed by atoms with Gasteiger partial charge in [-0.15, -0.1) is 10.2 Å². The predicted molar refractivity (Wildman–Crippen MR) is 192 cm³/mol. The molecule has 49 heavy (non-hydrogen) atoms. The SMILES string of the molecule is CC(C)(C)OC(=O)N1CCC(OC2CC(N3CCC(C(C)(C)N4C5CCC4CN(c4cc(-c6ccccc6O)nnc4N)C5)CC3)C2)CC1. The van der Waals surface area contributed by atoms with Crippen LogP contribution in [0.5, 0.6) is 5.75 Å². The lowest BCUT2D eigenvalue weighted by molar-refractivity contribution is -0.110. The number of rotatable bonds is 7. The van der Waals surface area contributed by atoms with Crippen LogP contribution >= 0.6 is 0 Å². The highest BCUT2D eigenvalue weighted by Crippen LogP contribution is 2.45. The highest BCUT2D eigenvalue weighted by molar-refractivity contribution is 5.74. The van der Waals surface area contributed by atoms with Crippen molar-refractivity contribution < 1.29 is 19.4 Å². The number of carbonyl (C=O) groups is 1. The minimum atomic E-state index is -0.458. The van der Waals surface area contributed by atoms with E-state index in [2.05, 4.69) is 38.7 Å². The van der Waals surface area contributed by atoms with Gasteiger partial charge >= 0.3 is 6.09 Å². The van der Waals surface area contributed by atoms with E-state index < -0.39 is 5.60 Å². The van der Waals surface area contributed by atoms with Crippen LogP contribution in [0.3, 0.4) is 0 Å². The first-order chi connectivity index (χ1) is 23.4. The molecule has 5 heterocycles. The number of phenols is 1. The van der Waals surface area contributed by atoms with Gasteiger partial charge in [-0.1, -0.05) is 12.1 Å². The summed E-state index contributed by atoms with van der Waals surface area (Å²) >= 11 is 0. The van der Waals surface area contributed by atoms with E-state index >= 15 is 0 Å². The van der Waals surface area contributed by atoms with Crippen LogP contribution in [0.4, 0.5) is 16.3 Å². The lowest BCUT2D eigenvalue weighted by Crippen LogP contribution is -2.64. The van der Waals surface area contributed by atoms with Crippen molar-refractivity contribution >= 4 is 17.6 Å². The maximum absolute atomic E-state index is 12.4. The third-order valence-corrected chi connectivity index (χ3v) is 12.1. The molecule has 11 heteroatoms. The number of nitrogen functional groups attached to an aromatic ring is 1. The molecule has 0 spiro atoms. The average molecular weight is 676 g/mol. The molecule has 1 aromatic heterocycles. The molecule has 1 saturated carbocycles. The fourth-order valence-electron chi connectivity index (χ4n) is 9.41. The van der Waals surface area contributed by atoms with Crippen molar-refractivity contribution in [2.45, 2.75) is 127 Å². The first kappa shape index (κ1) is 34.3. The second-order valence-corrected chi connectivity index (χ2v) is 16.7. The summed E-state index contributed by atoms with van der Waals surface area (Å²) in [5.41, 5.74) is 8.32. The van der Waals surface area contributed by atoms with E-state index in [4.69, 9.17) is 15.2 Å². The Kier molecular flexibility index (Phi) is 9.47. The Bertz CT molecular complexity index is 1460. The summed E-state index contributed by atoms with van der Waals surface area (Å²) in [5, 5.41) is 19.0. The largest absolute Gasteiger partial charge is 0.507 e. The fourth-order valence-corrected chi connectivity index (χ4v) is 9.41. The number of carbonyl (C=O) groups excluding carboxylic acids is 1. The average Bonchev–Trinajstić information content (AvgIpc) is 3.33. The number of likely N-dealkylation sites (tertiary alicyclic amines) is 2. The summed E-state index contributed by atoms with van der Waals surface area (Å²) in [4.78, 5) is 22.2. The Morgan fingerprint density at radius 1 is 0.857 bits per heavy atom. The van der Waals surface area contributed by atoms with Crippen LogP contribution in [-0.4, -0.2) is 117 Å². The molecule has 0 radical (unpaired) electrons. The summed E-state index contributed by atoms with van der Waals surface area (Å²) in [6, 6.07) is 10.9.